The maximum Gasteiger partial charge on any atom is 0.123 e. The first-order chi connectivity index (χ1) is 7.16. The minimum Gasteiger partial charge on any atom is -0.398 e. The average molecular weight is 209 g/mol. The van der Waals surface area contributed by atoms with Crippen molar-refractivity contribution in [2.24, 2.45) is 5.92 Å². The highest BCUT2D eigenvalue weighted by molar-refractivity contribution is 5.47. The highest BCUT2D eigenvalue weighted by Gasteiger charge is 2.23. The van der Waals surface area contributed by atoms with Crippen molar-refractivity contribution in [3.63, 3.8) is 0 Å². The molecule has 0 radical (unpaired) electrons. The van der Waals surface area contributed by atoms with Crippen molar-refractivity contribution in [1.29, 1.82) is 0 Å². The Bertz CT molecular complexity index is 349. The summed E-state index contributed by atoms with van der Waals surface area (Å²) in [5.74, 6) is 0.430. The van der Waals surface area contributed by atoms with E-state index in [0.29, 0.717) is 17.7 Å². The van der Waals surface area contributed by atoms with Gasteiger partial charge in [-0.1, -0.05) is 12.8 Å². The lowest BCUT2D eigenvalue weighted by Gasteiger charge is -2.13. The number of aliphatic hydroxyl groups is 1. The number of aliphatic hydroxyl groups excluding tert-OH is 1. The van der Waals surface area contributed by atoms with Crippen LogP contribution in [0.3, 0.4) is 0 Å². The van der Waals surface area contributed by atoms with Crippen LogP contribution in [0, 0.1) is 11.7 Å². The van der Waals surface area contributed by atoms with Crippen molar-refractivity contribution >= 4 is 5.69 Å². The zero-order valence-electron chi connectivity index (χ0n) is 8.62. The van der Waals surface area contributed by atoms with Crippen LogP contribution in [-0.2, 0) is 0 Å². The van der Waals surface area contributed by atoms with Gasteiger partial charge in [-0.25, -0.2) is 4.39 Å². The molecule has 1 fully saturated rings. The van der Waals surface area contributed by atoms with E-state index in [0.717, 1.165) is 12.3 Å². The van der Waals surface area contributed by atoms with E-state index in [2.05, 4.69) is 0 Å². The third-order valence-electron chi connectivity index (χ3n) is 2.95. The topological polar surface area (TPSA) is 46.2 Å². The van der Waals surface area contributed by atoms with E-state index in [-0.39, 0.29) is 5.82 Å². The molecule has 0 bridgehead atoms. The standard InChI is InChI=1S/C12H16FNO/c13-9-4-5-11(14)10(7-9)12(15)6-3-8-1-2-8/h4-5,7-8,12,15H,1-3,6,14H2. The summed E-state index contributed by atoms with van der Waals surface area (Å²) >= 11 is 0. The van der Waals surface area contributed by atoms with Crippen LogP contribution in [0.15, 0.2) is 18.2 Å². The van der Waals surface area contributed by atoms with Crippen molar-refractivity contribution in [1.82, 2.24) is 0 Å². The minimum absolute atomic E-state index is 0.343. The van der Waals surface area contributed by atoms with Crippen LogP contribution in [-0.4, -0.2) is 5.11 Å². The molecule has 3 N–H and O–H groups in total. The number of rotatable bonds is 4. The first-order valence-electron chi connectivity index (χ1n) is 5.40. The van der Waals surface area contributed by atoms with E-state index in [1.807, 2.05) is 0 Å². The molecule has 1 unspecified atom stereocenters. The lowest BCUT2D eigenvalue weighted by atomic mass is 10.0. The monoisotopic (exact) mass is 209 g/mol. The van der Waals surface area contributed by atoms with Crippen LogP contribution in [0.2, 0.25) is 0 Å². The van der Waals surface area contributed by atoms with Crippen LogP contribution < -0.4 is 5.73 Å². The molecule has 0 spiro atoms. The van der Waals surface area contributed by atoms with E-state index >= 15 is 0 Å². The van der Waals surface area contributed by atoms with Gasteiger partial charge in [0, 0.05) is 11.3 Å². The first-order valence-corrected chi connectivity index (χ1v) is 5.40. The summed E-state index contributed by atoms with van der Waals surface area (Å²) in [6, 6.07) is 4.14. The van der Waals surface area contributed by atoms with Gasteiger partial charge in [0.25, 0.3) is 0 Å². The highest BCUT2D eigenvalue weighted by atomic mass is 19.1. The van der Waals surface area contributed by atoms with Gasteiger partial charge in [0.05, 0.1) is 6.10 Å². The number of nitrogens with two attached hydrogens (primary N) is 1. The summed E-state index contributed by atoms with van der Waals surface area (Å²) in [6.45, 7) is 0. The van der Waals surface area contributed by atoms with E-state index in [1.165, 1.54) is 31.0 Å². The number of nitrogen functional groups attached to an aromatic ring is 1. The average Bonchev–Trinajstić information content (AvgIpc) is 3.02. The lowest BCUT2D eigenvalue weighted by molar-refractivity contribution is 0.162. The van der Waals surface area contributed by atoms with Crippen molar-refractivity contribution in [3.8, 4) is 0 Å². The smallest absolute Gasteiger partial charge is 0.123 e. The van der Waals surface area contributed by atoms with E-state index in [4.69, 9.17) is 5.73 Å². The van der Waals surface area contributed by atoms with Crippen LogP contribution in [0.1, 0.15) is 37.4 Å². The molecule has 1 aliphatic rings. The fourth-order valence-electron chi connectivity index (χ4n) is 1.79. The van der Waals surface area contributed by atoms with E-state index < -0.39 is 6.10 Å². The second-order valence-corrected chi connectivity index (χ2v) is 4.31. The van der Waals surface area contributed by atoms with Gasteiger partial charge in [0.2, 0.25) is 0 Å². The third-order valence-corrected chi connectivity index (χ3v) is 2.95. The van der Waals surface area contributed by atoms with E-state index in [9.17, 15) is 9.50 Å². The fraction of sp³-hybridized carbons (Fsp3) is 0.500. The molecule has 2 nitrogen and oxygen atoms in total. The second-order valence-electron chi connectivity index (χ2n) is 4.31. The molecule has 1 aromatic carbocycles. The Balaban J connectivity index is 2.02. The van der Waals surface area contributed by atoms with Crippen molar-refractivity contribution in [3.05, 3.63) is 29.6 Å². The van der Waals surface area contributed by atoms with Gasteiger partial charge in [0.15, 0.2) is 0 Å². The zero-order valence-corrected chi connectivity index (χ0v) is 8.62. The van der Waals surface area contributed by atoms with Crippen molar-refractivity contribution < 1.29 is 9.50 Å². The van der Waals surface area contributed by atoms with Crippen molar-refractivity contribution in [2.75, 3.05) is 5.73 Å². The third kappa shape index (κ3) is 2.69. The predicted molar refractivity (Wildman–Crippen MR) is 57.7 cm³/mol. The van der Waals surface area contributed by atoms with Gasteiger partial charge in [-0.15, -0.1) is 0 Å². The molecule has 82 valence electrons. The fourth-order valence-corrected chi connectivity index (χ4v) is 1.79. The van der Waals surface area contributed by atoms with Gasteiger partial charge in [0.1, 0.15) is 5.82 Å². The summed E-state index contributed by atoms with van der Waals surface area (Å²) in [6.07, 6.45) is 3.60. The molecule has 0 aliphatic heterocycles. The molecule has 2 rings (SSSR count). The zero-order chi connectivity index (χ0) is 10.8. The number of anilines is 1. The van der Waals surface area contributed by atoms with Gasteiger partial charge in [-0.05, 0) is 37.0 Å². The Morgan fingerprint density at radius 3 is 2.87 bits per heavy atom. The molecule has 0 amide bonds. The molecular weight excluding hydrogens is 193 g/mol. The van der Waals surface area contributed by atoms with Crippen LogP contribution >= 0.6 is 0 Å². The molecular formula is C12H16FNO. The maximum absolute atomic E-state index is 13.0. The first kappa shape index (κ1) is 10.4. The Kier molecular flexibility index (Phi) is 2.91. The molecule has 3 heteroatoms. The maximum atomic E-state index is 13.0. The van der Waals surface area contributed by atoms with Crippen LogP contribution in [0.5, 0.6) is 0 Å². The Hall–Kier alpha value is -1.09. The molecule has 1 aliphatic carbocycles. The minimum atomic E-state index is -0.624. The SMILES string of the molecule is Nc1ccc(F)cc1C(O)CCC1CC1. The molecule has 1 atom stereocenters. The predicted octanol–water partition coefficient (Wildman–Crippen LogP) is 2.63. The molecule has 15 heavy (non-hydrogen) atoms. The second kappa shape index (κ2) is 4.19. The molecule has 0 aromatic heterocycles. The molecule has 0 saturated heterocycles. The number of hydrogen-bond acceptors (Lipinski definition) is 2. The van der Waals surface area contributed by atoms with Crippen molar-refractivity contribution in [2.45, 2.75) is 31.8 Å². The van der Waals surface area contributed by atoms with Crippen LogP contribution in [0.25, 0.3) is 0 Å². The quantitative estimate of drug-likeness (QED) is 0.749. The number of hydrogen-bond donors (Lipinski definition) is 2. The highest BCUT2D eigenvalue weighted by Crippen LogP contribution is 2.36. The van der Waals surface area contributed by atoms with Gasteiger partial charge < -0.3 is 10.8 Å². The largest absolute Gasteiger partial charge is 0.398 e. The Morgan fingerprint density at radius 1 is 1.47 bits per heavy atom. The van der Waals surface area contributed by atoms with Gasteiger partial charge >= 0.3 is 0 Å². The summed E-state index contributed by atoms with van der Waals surface area (Å²) in [5, 5.41) is 9.86. The summed E-state index contributed by atoms with van der Waals surface area (Å²) < 4.78 is 13.0. The van der Waals surface area contributed by atoms with Gasteiger partial charge in [-0.3, -0.25) is 0 Å². The number of halogens is 1. The number of benzene rings is 1. The molecule has 0 heterocycles. The molecule has 1 saturated carbocycles. The molecule has 1 aromatic rings. The summed E-state index contributed by atoms with van der Waals surface area (Å²) in [4.78, 5) is 0. The normalized spacial score (nSPS) is 17.7. The summed E-state index contributed by atoms with van der Waals surface area (Å²) in [5.41, 5.74) is 6.68. The van der Waals surface area contributed by atoms with Crippen LogP contribution in [0.4, 0.5) is 10.1 Å². The van der Waals surface area contributed by atoms with E-state index in [1.54, 1.807) is 0 Å². The Labute approximate surface area is 88.9 Å². The summed E-state index contributed by atoms with van der Waals surface area (Å²) in [7, 11) is 0. The van der Waals surface area contributed by atoms with Gasteiger partial charge in [-0.2, -0.15) is 0 Å². The Morgan fingerprint density at radius 2 is 2.20 bits per heavy atom. The lowest BCUT2D eigenvalue weighted by Crippen LogP contribution is -2.03.